The van der Waals surface area contributed by atoms with E-state index in [1.807, 2.05) is 0 Å². The van der Waals surface area contributed by atoms with Crippen molar-refractivity contribution in [3.8, 4) is 0 Å². The summed E-state index contributed by atoms with van der Waals surface area (Å²) in [5.74, 6) is -2.63. The molecule has 2 rings (SSSR count). The molecule has 9 heteroatoms. The summed E-state index contributed by atoms with van der Waals surface area (Å²) in [7, 11) is 0. The van der Waals surface area contributed by atoms with Crippen LogP contribution in [0.5, 0.6) is 0 Å². The van der Waals surface area contributed by atoms with Gasteiger partial charge in [-0.1, -0.05) is 17.7 Å². The summed E-state index contributed by atoms with van der Waals surface area (Å²) >= 11 is 6.80. The van der Waals surface area contributed by atoms with Gasteiger partial charge in [0.2, 0.25) is 5.91 Å². The molecule has 1 aromatic heterocycles. The zero-order chi connectivity index (χ0) is 20.3. The van der Waals surface area contributed by atoms with Crippen molar-refractivity contribution in [1.29, 1.82) is 0 Å². The summed E-state index contributed by atoms with van der Waals surface area (Å²) in [5, 5.41) is 2.76. The molecular formula is C18H18ClFN2O4S. The quantitative estimate of drug-likeness (QED) is 0.707. The molecule has 0 radical (unpaired) electrons. The number of primary amides is 1. The van der Waals surface area contributed by atoms with Crippen LogP contribution in [0.2, 0.25) is 5.02 Å². The number of halogens is 2. The third kappa shape index (κ3) is 4.84. The Balaban J connectivity index is 2.34. The predicted molar refractivity (Wildman–Crippen MR) is 102 cm³/mol. The van der Waals surface area contributed by atoms with E-state index < -0.39 is 29.7 Å². The molecule has 27 heavy (non-hydrogen) atoms. The third-order valence-corrected chi connectivity index (χ3v) is 5.15. The second-order valence-electron chi connectivity index (χ2n) is 6.00. The maximum absolute atomic E-state index is 13.9. The van der Waals surface area contributed by atoms with E-state index in [9.17, 15) is 18.8 Å². The predicted octanol–water partition coefficient (Wildman–Crippen LogP) is 3.69. The lowest BCUT2D eigenvalue weighted by Gasteiger charge is -2.11. The summed E-state index contributed by atoms with van der Waals surface area (Å²) in [6.07, 6.45) is -0.734. The van der Waals surface area contributed by atoms with Gasteiger partial charge in [-0.15, -0.1) is 11.3 Å². The fourth-order valence-corrected chi connectivity index (χ4v) is 3.68. The largest absolute Gasteiger partial charge is 0.459 e. The molecule has 0 aliphatic carbocycles. The normalized spacial score (nSPS) is 10.7. The maximum atomic E-state index is 13.9. The van der Waals surface area contributed by atoms with Crippen LogP contribution in [0, 0.1) is 12.7 Å². The standard InChI is InChI=1S/C18H18ClFN2O4S/c1-8(2)26-18(25)14-9(3)15(16(21)24)27-17(14)22-13(23)7-10-11(19)5-4-6-12(10)20/h4-6,8H,7H2,1-3H3,(H2,21,24)(H,22,23). The molecule has 2 amide bonds. The van der Waals surface area contributed by atoms with Crippen LogP contribution in [0.25, 0.3) is 0 Å². The Kier molecular flexibility index (Phi) is 6.56. The first-order chi connectivity index (χ1) is 12.6. The van der Waals surface area contributed by atoms with E-state index in [1.54, 1.807) is 13.8 Å². The van der Waals surface area contributed by atoms with Crippen LogP contribution in [0.3, 0.4) is 0 Å². The van der Waals surface area contributed by atoms with Crippen molar-refractivity contribution >= 4 is 45.7 Å². The number of amides is 2. The van der Waals surface area contributed by atoms with Gasteiger partial charge in [0.25, 0.3) is 5.91 Å². The zero-order valence-corrected chi connectivity index (χ0v) is 16.5. The van der Waals surface area contributed by atoms with E-state index in [0.717, 1.165) is 11.3 Å². The molecule has 0 aliphatic rings. The van der Waals surface area contributed by atoms with Crippen LogP contribution in [-0.2, 0) is 16.0 Å². The van der Waals surface area contributed by atoms with E-state index in [0.29, 0.717) is 5.56 Å². The molecule has 0 bridgehead atoms. The summed E-state index contributed by atoms with van der Waals surface area (Å²) in [6.45, 7) is 4.89. The number of rotatable bonds is 6. The fourth-order valence-electron chi connectivity index (χ4n) is 2.39. The van der Waals surface area contributed by atoms with Crippen molar-refractivity contribution < 1.29 is 23.5 Å². The van der Waals surface area contributed by atoms with E-state index in [4.69, 9.17) is 22.1 Å². The molecular weight excluding hydrogens is 395 g/mol. The van der Waals surface area contributed by atoms with Crippen LogP contribution in [0.1, 0.15) is 45.0 Å². The molecule has 0 unspecified atom stereocenters. The number of nitrogens with two attached hydrogens (primary N) is 1. The highest BCUT2D eigenvalue weighted by Crippen LogP contribution is 2.34. The van der Waals surface area contributed by atoms with Crippen molar-refractivity contribution in [1.82, 2.24) is 0 Å². The molecule has 0 atom stereocenters. The number of nitrogens with one attached hydrogen (secondary N) is 1. The average molecular weight is 413 g/mol. The molecule has 0 fully saturated rings. The van der Waals surface area contributed by atoms with Crippen LogP contribution in [0.4, 0.5) is 9.39 Å². The molecule has 0 saturated carbocycles. The smallest absolute Gasteiger partial charge is 0.341 e. The van der Waals surface area contributed by atoms with Gasteiger partial charge in [-0.05, 0) is 38.5 Å². The lowest BCUT2D eigenvalue weighted by Crippen LogP contribution is -2.18. The van der Waals surface area contributed by atoms with Gasteiger partial charge in [-0.2, -0.15) is 0 Å². The van der Waals surface area contributed by atoms with Crippen molar-refractivity contribution in [2.45, 2.75) is 33.3 Å². The molecule has 1 aromatic carbocycles. The molecule has 0 aliphatic heterocycles. The minimum Gasteiger partial charge on any atom is -0.459 e. The van der Waals surface area contributed by atoms with Crippen molar-refractivity contribution in [2.24, 2.45) is 5.73 Å². The van der Waals surface area contributed by atoms with Crippen LogP contribution in [-0.4, -0.2) is 23.9 Å². The summed E-state index contributed by atoms with van der Waals surface area (Å²) in [5.41, 5.74) is 5.73. The molecule has 3 N–H and O–H groups in total. The number of anilines is 1. The lowest BCUT2D eigenvalue weighted by atomic mass is 10.1. The number of benzene rings is 1. The minimum atomic E-state index is -0.728. The van der Waals surface area contributed by atoms with Gasteiger partial charge in [0.15, 0.2) is 0 Å². The topological polar surface area (TPSA) is 98.5 Å². The monoisotopic (exact) mass is 412 g/mol. The van der Waals surface area contributed by atoms with Gasteiger partial charge in [0, 0.05) is 10.6 Å². The van der Waals surface area contributed by atoms with E-state index >= 15 is 0 Å². The summed E-state index contributed by atoms with van der Waals surface area (Å²) in [6, 6.07) is 4.10. The van der Waals surface area contributed by atoms with E-state index in [-0.39, 0.29) is 32.4 Å². The number of carbonyl (C=O) groups is 3. The maximum Gasteiger partial charge on any atom is 0.341 e. The number of thiophene rings is 1. The summed E-state index contributed by atoms with van der Waals surface area (Å²) < 4.78 is 19.0. The molecule has 6 nitrogen and oxygen atoms in total. The minimum absolute atomic E-state index is 0.0337. The molecule has 144 valence electrons. The Bertz CT molecular complexity index is 891. The number of hydrogen-bond acceptors (Lipinski definition) is 5. The molecule has 2 aromatic rings. The van der Waals surface area contributed by atoms with Crippen LogP contribution >= 0.6 is 22.9 Å². The van der Waals surface area contributed by atoms with Crippen LogP contribution < -0.4 is 11.1 Å². The first kappa shape index (κ1) is 20.9. The van der Waals surface area contributed by atoms with Crippen molar-refractivity contribution in [3.05, 3.63) is 50.6 Å². The lowest BCUT2D eigenvalue weighted by molar-refractivity contribution is -0.115. The highest BCUT2D eigenvalue weighted by Gasteiger charge is 2.26. The number of ether oxygens (including phenoxy) is 1. The highest BCUT2D eigenvalue weighted by atomic mass is 35.5. The molecule has 1 heterocycles. The molecule has 0 saturated heterocycles. The fraction of sp³-hybridized carbons (Fsp3) is 0.278. The van der Waals surface area contributed by atoms with Crippen molar-refractivity contribution in [2.75, 3.05) is 5.32 Å². The Morgan fingerprint density at radius 1 is 1.33 bits per heavy atom. The van der Waals surface area contributed by atoms with Gasteiger partial charge in [-0.3, -0.25) is 9.59 Å². The van der Waals surface area contributed by atoms with Gasteiger partial charge in [-0.25, -0.2) is 9.18 Å². The highest BCUT2D eigenvalue weighted by molar-refractivity contribution is 7.18. The third-order valence-electron chi connectivity index (χ3n) is 3.57. The number of carbonyl (C=O) groups excluding carboxylic acids is 3. The van der Waals surface area contributed by atoms with Crippen molar-refractivity contribution in [3.63, 3.8) is 0 Å². The molecule has 0 spiro atoms. The Morgan fingerprint density at radius 3 is 2.56 bits per heavy atom. The first-order valence-electron chi connectivity index (χ1n) is 7.98. The Morgan fingerprint density at radius 2 is 2.00 bits per heavy atom. The second-order valence-corrected chi connectivity index (χ2v) is 7.43. The van der Waals surface area contributed by atoms with E-state index in [1.165, 1.54) is 25.1 Å². The Hall–Kier alpha value is -2.45. The van der Waals surface area contributed by atoms with Gasteiger partial charge < -0.3 is 15.8 Å². The average Bonchev–Trinajstić information content (AvgIpc) is 2.87. The van der Waals surface area contributed by atoms with Gasteiger partial charge in [0.1, 0.15) is 10.8 Å². The van der Waals surface area contributed by atoms with Crippen LogP contribution in [0.15, 0.2) is 18.2 Å². The van der Waals surface area contributed by atoms with E-state index in [2.05, 4.69) is 5.32 Å². The summed E-state index contributed by atoms with van der Waals surface area (Å²) in [4.78, 5) is 36.5. The van der Waals surface area contributed by atoms with Gasteiger partial charge >= 0.3 is 5.97 Å². The SMILES string of the molecule is Cc1c(C(N)=O)sc(NC(=O)Cc2c(F)cccc2Cl)c1C(=O)OC(C)C. The van der Waals surface area contributed by atoms with Gasteiger partial charge in [0.05, 0.1) is 23.0 Å². The number of hydrogen-bond donors (Lipinski definition) is 2. The second kappa shape index (κ2) is 8.49. The Labute approximate surface area is 164 Å². The first-order valence-corrected chi connectivity index (χ1v) is 9.18. The number of esters is 1. The zero-order valence-electron chi connectivity index (χ0n) is 14.9.